The SMILES string of the molecule is CCS(=O)(=O)N(Cc1cccc(Cl)c1)C(=O)c1ccc(N2CCN(C(=O)OC(C)(C)C)CC2)c(C(F)(F)F)c1. The van der Waals surface area contributed by atoms with Gasteiger partial charge in [-0.15, -0.1) is 0 Å². The Labute approximate surface area is 231 Å². The summed E-state index contributed by atoms with van der Waals surface area (Å²) in [5.41, 5.74) is -1.95. The number of anilines is 1. The van der Waals surface area contributed by atoms with Gasteiger partial charge in [0.25, 0.3) is 5.91 Å². The number of hydrogen-bond donors (Lipinski definition) is 0. The third-order valence-electron chi connectivity index (χ3n) is 5.96. The molecule has 0 atom stereocenters. The van der Waals surface area contributed by atoms with Crippen LogP contribution in [0.2, 0.25) is 5.02 Å². The van der Waals surface area contributed by atoms with Gasteiger partial charge in [-0.25, -0.2) is 17.5 Å². The van der Waals surface area contributed by atoms with E-state index in [1.54, 1.807) is 39.0 Å². The van der Waals surface area contributed by atoms with E-state index in [0.29, 0.717) is 21.0 Å². The fraction of sp³-hybridized carbons (Fsp3) is 0.462. The number of halogens is 4. The highest BCUT2D eigenvalue weighted by atomic mass is 35.5. The summed E-state index contributed by atoms with van der Waals surface area (Å²) >= 11 is 5.98. The highest BCUT2D eigenvalue weighted by Crippen LogP contribution is 2.38. The molecule has 2 amide bonds. The summed E-state index contributed by atoms with van der Waals surface area (Å²) in [7, 11) is -4.13. The van der Waals surface area contributed by atoms with Gasteiger partial charge in [0, 0.05) is 42.5 Å². The monoisotopic (exact) mass is 589 g/mol. The fourth-order valence-corrected chi connectivity index (χ4v) is 5.25. The predicted molar refractivity (Wildman–Crippen MR) is 142 cm³/mol. The Morgan fingerprint density at radius 1 is 1.03 bits per heavy atom. The number of rotatable bonds is 6. The summed E-state index contributed by atoms with van der Waals surface area (Å²) in [5.74, 6) is -1.51. The van der Waals surface area contributed by atoms with Crippen LogP contribution in [0.15, 0.2) is 42.5 Å². The molecule has 3 rings (SSSR count). The topological polar surface area (TPSA) is 87.2 Å². The lowest BCUT2D eigenvalue weighted by atomic mass is 10.1. The van der Waals surface area contributed by atoms with Gasteiger partial charge in [0.2, 0.25) is 10.0 Å². The molecule has 1 aliphatic heterocycles. The van der Waals surface area contributed by atoms with Crippen molar-refractivity contribution < 1.29 is 35.9 Å². The number of ether oxygens (including phenoxy) is 1. The number of benzene rings is 2. The zero-order valence-corrected chi connectivity index (χ0v) is 23.7. The molecule has 0 aromatic heterocycles. The smallest absolute Gasteiger partial charge is 0.418 e. The van der Waals surface area contributed by atoms with Crippen LogP contribution in [0, 0.1) is 0 Å². The second-order valence-electron chi connectivity index (χ2n) is 10.0. The normalized spacial score (nSPS) is 14.8. The lowest BCUT2D eigenvalue weighted by molar-refractivity contribution is -0.137. The number of carbonyl (C=O) groups is 2. The number of hydrogen-bond acceptors (Lipinski definition) is 6. The van der Waals surface area contributed by atoms with Crippen molar-refractivity contribution >= 4 is 39.3 Å². The minimum atomic E-state index is -4.82. The van der Waals surface area contributed by atoms with Gasteiger partial charge in [-0.3, -0.25) is 4.79 Å². The number of piperazine rings is 1. The van der Waals surface area contributed by atoms with Crippen molar-refractivity contribution in [1.82, 2.24) is 9.21 Å². The molecule has 0 N–H and O–H groups in total. The van der Waals surface area contributed by atoms with E-state index in [-0.39, 0.29) is 38.4 Å². The molecule has 0 saturated carbocycles. The lowest BCUT2D eigenvalue weighted by Crippen LogP contribution is -2.50. The molecule has 0 aliphatic carbocycles. The Morgan fingerprint density at radius 3 is 2.21 bits per heavy atom. The first-order chi connectivity index (χ1) is 18.0. The molecule has 8 nitrogen and oxygen atoms in total. The highest BCUT2D eigenvalue weighted by molar-refractivity contribution is 7.89. The van der Waals surface area contributed by atoms with Gasteiger partial charge in [0.05, 0.1) is 17.9 Å². The summed E-state index contributed by atoms with van der Waals surface area (Å²) < 4.78 is 73.9. The van der Waals surface area contributed by atoms with Crippen LogP contribution in [0.3, 0.4) is 0 Å². The third-order valence-corrected chi connectivity index (χ3v) is 7.89. The Hall–Kier alpha value is -2.99. The van der Waals surface area contributed by atoms with Crippen LogP contribution < -0.4 is 4.90 Å². The molecule has 39 heavy (non-hydrogen) atoms. The van der Waals surface area contributed by atoms with Crippen molar-refractivity contribution in [3.63, 3.8) is 0 Å². The van der Waals surface area contributed by atoms with Gasteiger partial charge < -0.3 is 14.5 Å². The number of carbonyl (C=O) groups excluding carboxylic acids is 2. The van der Waals surface area contributed by atoms with Crippen molar-refractivity contribution in [2.75, 3.05) is 36.8 Å². The van der Waals surface area contributed by atoms with E-state index in [4.69, 9.17) is 16.3 Å². The zero-order valence-electron chi connectivity index (χ0n) is 22.1. The Kier molecular flexibility index (Phi) is 9.11. The quantitative estimate of drug-likeness (QED) is 0.448. The number of amides is 2. The molecule has 0 spiro atoms. The van der Waals surface area contributed by atoms with Gasteiger partial charge >= 0.3 is 12.3 Å². The molecule has 1 aliphatic rings. The molecule has 0 bridgehead atoms. The molecule has 0 radical (unpaired) electrons. The molecule has 2 aromatic carbocycles. The standard InChI is InChI=1S/C26H31ClF3N3O5S/c1-5-39(36,37)33(17-18-7-6-8-20(27)15-18)23(34)19-9-10-22(21(16-19)26(28,29)30)31-11-13-32(14-12-31)24(35)38-25(2,3)4/h6-10,15-16H,5,11-14,17H2,1-4H3. The van der Waals surface area contributed by atoms with Crippen LogP contribution in [0.25, 0.3) is 0 Å². The number of alkyl halides is 3. The zero-order chi connectivity index (χ0) is 29.2. The molecule has 2 aromatic rings. The van der Waals surface area contributed by atoms with E-state index in [9.17, 15) is 31.2 Å². The van der Waals surface area contributed by atoms with Gasteiger partial charge in [-0.2, -0.15) is 13.2 Å². The summed E-state index contributed by atoms with van der Waals surface area (Å²) in [6, 6.07) is 9.23. The van der Waals surface area contributed by atoms with Gasteiger partial charge in [0.1, 0.15) is 5.60 Å². The summed E-state index contributed by atoms with van der Waals surface area (Å²) in [5, 5.41) is 0.323. The average molecular weight is 590 g/mol. The van der Waals surface area contributed by atoms with Crippen LogP contribution in [0.1, 0.15) is 49.2 Å². The molecule has 13 heteroatoms. The molecule has 1 saturated heterocycles. The molecular weight excluding hydrogens is 559 g/mol. The van der Waals surface area contributed by atoms with E-state index in [1.807, 2.05) is 0 Å². The maximum absolute atomic E-state index is 14.2. The minimum Gasteiger partial charge on any atom is -0.444 e. The van der Waals surface area contributed by atoms with Crippen LogP contribution in [0.5, 0.6) is 0 Å². The Balaban J connectivity index is 1.90. The van der Waals surface area contributed by atoms with Gasteiger partial charge in [0.15, 0.2) is 0 Å². The maximum Gasteiger partial charge on any atom is 0.418 e. The third kappa shape index (κ3) is 7.78. The predicted octanol–water partition coefficient (Wildman–Crippen LogP) is 5.41. The van der Waals surface area contributed by atoms with Crippen LogP contribution in [0.4, 0.5) is 23.7 Å². The fourth-order valence-electron chi connectivity index (χ4n) is 4.03. The second kappa shape index (κ2) is 11.6. The van der Waals surface area contributed by atoms with E-state index >= 15 is 0 Å². The first kappa shape index (κ1) is 30.6. The summed E-state index contributed by atoms with van der Waals surface area (Å²) in [6.07, 6.45) is -5.37. The largest absolute Gasteiger partial charge is 0.444 e. The Bertz CT molecular complexity index is 1320. The maximum atomic E-state index is 14.2. The lowest BCUT2D eigenvalue weighted by Gasteiger charge is -2.37. The molecule has 0 unspecified atom stereocenters. The Morgan fingerprint density at radius 2 is 1.67 bits per heavy atom. The average Bonchev–Trinajstić information content (AvgIpc) is 2.85. The molecule has 214 valence electrons. The van der Waals surface area contributed by atoms with Crippen molar-refractivity contribution in [3.05, 3.63) is 64.2 Å². The van der Waals surface area contributed by atoms with Crippen molar-refractivity contribution in [1.29, 1.82) is 0 Å². The van der Waals surface area contributed by atoms with Crippen molar-refractivity contribution in [2.45, 2.75) is 46.0 Å². The van der Waals surface area contributed by atoms with E-state index in [1.165, 1.54) is 28.9 Å². The van der Waals surface area contributed by atoms with Crippen molar-refractivity contribution in [2.24, 2.45) is 0 Å². The molecule has 1 heterocycles. The van der Waals surface area contributed by atoms with Crippen LogP contribution in [-0.2, 0) is 27.5 Å². The highest BCUT2D eigenvalue weighted by Gasteiger charge is 2.38. The van der Waals surface area contributed by atoms with E-state index in [2.05, 4.69) is 0 Å². The van der Waals surface area contributed by atoms with Crippen LogP contribution >= 0.6 is 11.6 Å². The van der Waals surface area contributed by atoms with Gasteiger partial charge in [-0.1, -0.05) is 23.7 Å². The van der Waals surface area contributed by atoms with E-state index < -0.39 is 50.7 Å². The molecular formula is C26H31ClF3N3O5S. The number of sulfonamides is 1. The minimum absolute atomic E-state index is 0.112. The second-order valence-corrected chi connectivity index (χ2v) is 12.6. The number of nitrogens with zero attached hydrogens (tertiary/aromatic N) is 3. The van der Waals surface area contributed by atoms with Crippen molar-refractivity contribution in [3.8, 4) is 0 Å². The summed E-state index contributed by atoms with van der Waals surface area (Å²) in [4.78, 5) is 28.5. The first-order valence-corrected chi connectivity index (χ1v) is 14.2. The summed E-state index contributed by atoms with van der Waals surface area (Å²) in [6.45, 7) is 6.65. The van der Waals surface area contributed by atoms with Gasteiger partial charge in [-0.05, 0) is 63.6 Å². The van der Waals surface area contributed by atoms with E-state index in [0.717, 1.165) is 6.07 Å². The first-order valence-electron chi connectivity index (χ1n) is 12.2. The molecule has 1 fully saturated rings. The van der Waals surface area contributed by atoms with Crippen LogP contribution in [-0.4, -0.2) is 67.2 Å².